The highest BCUT2D eigenvalue weighted by Gasteiger charge is 2.39. The predicted octanol–water partition coefficient (Wildman–Crippen LogP) is 9.14. The molecule has 1 aliphatic rings. The van der Waals surface area contributed by atoms with E-state index in [1.54, 1.807) is 28.4 Å². The van der Waals surface area contributed by atoms with Gasteiger partial charge in [-0.15, -0.1) is 0 Å². The molecule has 5 atom stereocenters. The van der Waals surface area contributed by atoms with E-state index in [0.29, 0.717) is 32.9 Å². The lowest BCUT2D eigenvalue weighted by atomic mass is 9.85. The van der Waals surface area contributed by atoms with Crippen molar-refractivity contribution in [1.29, 1.82) is 0 Å². The monoisotopic (exact) mass is 757 g/mol. The smallest absolute Gasteiger partial charge is 0.184 e. The summed E-state index contributed by atoms with van der Waals surface area (Å²) in [6.07, 6.45) is -1.24. The summed E-state index contributed by atoms with van der Waals surface area (Å²) in [6, 6.07) is 42.9. The standard InChI is InChI=1S/C47H51NO8/c1-49-41-27-36(25-34-15-8-10-17-39(34)41)46(51-3)55-43-29-48-30-44(56-47(52-4)37-26-35-16-9-11-18-40(35)42(28-37)50-2)45(43)33-19-21-38(22-20-33)54-24-12-23-53-31-32-13-6-5-7-14-32/h5-11,13-22,25-28,43-48H,12,23-24,29-31H2,1-4H3/t43-,44+,45+,46?,47?. The van der Waals surface area contributed by atoms with Crippen molar-refractivity contribution in [2.24, 2.45) is 0 Å². The Bertz CT molecular complexity index is 2040. The first-order valence-electron chi connectivity index (χ1n) is 19.1. The molecule has 0 bridgehead atoms. The average molecular weight is 758 g/mol. The lowest BCUT2D eigenvalue weighted by Gasteiger charge is -2.41. The lowest BCUT2D eigenvalue weighted by molar-refractivity contribution is -0.207. The fraction of sp³-hybridized carbons (Fsp3) is 0.319. The summed E-state index contributed by atoms with van der Waals surface area (Å²) in [5, 5.41) is 7.70. The SMILES string of the molecule is COc1cc(C(OC)O[C@H]2CNC[C@@H](OC(OC)c3cc(OC)c4ccccc4c3)[C@@H]2c2ccc(OCCCOCc3ccccc3)cc2)cc2ccccc12. The fourth-order valence-electron chi connectivity index (χ4n) is 7.52. The average Bonchev–Trinajstić information content (AvgIpc) is 3.25. The Morgan fingerprint density at radius 2 is 1.12 bits per heavy atom. The van der Waals surface area contributed by atoms with Crippen LogP contribution in [0.25, 0.3) is 21.5 Å². The van der Waals surface area contributed by atoms with Crippen LogP contribution >= 0.6 is 0 Å². The molecule has 0 radical (unpaired) electrons. The second-order valence-electron chi connectivity index (χ2n) is 13.9. The molecule has 0 spiro atoms. The van der Waals surface area contributed by atoms with Crippen LogP contribution in [-0.4, -0.2) is 67.0 Å². The number of piperidine rings is 1. The van der Waals surface area contributed by atoms with Gasteiger partial charge in [-0.25, -0.2) is 0 Å². The number of nitrogens with one attached hydrogen (secondary N) is 1. The van der Waals surface area contributed by atoms with Gasteiger partial charge in [-0.2, -0.15) is 0 Å². The Hall–Kier alpha value is -5.00. The van der Waals surface area contributed by atoms with Gasteiger partial charge in [-0.1, -0.05) is 91.0 Å². The molecule has 0 aromatic heterocycles. The number of methoxy groups -OCH3 is 4. The second-order valence-corrected chi connectivity index (χ2v) is 13.9. The van der Waals surface area contributed by atoms with E-state index in [0.717, 1.165) is 67.5 Å². The minimum absolute atomic E-state index is 0.198. The molecule has 0 saturated carbocycles. The van der Waals surface area contributed by atoms with E-state index in [1.807, 2.05) is 78.9 Å². The molecule has 0 amide bonds. The highest BCUT2D eigenvalue weighted by Crippen LogP contribution is 2.39. The van der Waals surface area contributed by atoms with Crippen LogP contribution in [0.5, 0.6) is 17.2 Å². The largest absolute Gasteiger partial charge is 0.496 e. The van der Waals surface area contributed by atoms with Crippen molar-refractivity contribution in [3.63, 3.8) is 0 Å². The predicted molar refractivity (Wildman–Crippen MR) is 219 cm³/mol. The van der Waals surface area contributed by atoms with Gasteiger partial charge in [0.05, 0.1) is 46.2 Å². The molecule has 1 heterocycles. The van der Waals surface area contributed by atoms with Gasteiger partial charge in [0, 0.05) is 61.5 Å². The van der Waals surface area contributed by atoms with E-state index in [4.69, 9.17) is 37.9 Å². The highest BCUT2D eigenvalue weighted by molar-refractivity contribution is 5.90. The first-order valence-corrected chi connectivity index (χ1v) is 19.1. The molecular formula is C47H51NO8. The number of ether oxygens (including phenoxy) is 8. The molecule has 6 aromatic carbocycles. The van der Waals surface area contributed by atoms with Crippen LogP contribution in [0.15, 0.2) is 127 Å². The van der Waals surface area contributed by atoms with Crippen molar-refractivity contribution in [2.75, 3.05) is 54.7 Å². The van der Waals surface area contributed by atoms with Gasteiger partial charge < -0.3 is 43.2 Å². The summed E-state index contributed by atoms with van der Waals surface area (Å²) in [6.45, 7) is 2.92. The van der Waals surface area contributed by atoms with Gasteiger partial charge in [-0.05, 0) is 58.3 Å². The van der Waals surface area contributed by atoms with Crippen LogP contribution in [0, 0.1) is 0 Å². The van der Waals surface area contributed by atoms with Crippen molar-refractivity contribution in [1.82, 2.24) is 5.32 Å². The molecule has 9 heteroatoms. The van der Waals surface area contributed by atoms with Crippen molar-refractivity contribution < 1.29 is 37.9 Å². The number of hydrogen-bond donors (Lipinski definition) is 1. The zero-order chi connectivity index (χ0) is 38.7. The number of benzene rings is 6. The molecule has 6 aromatic rings. The molecule has 2 unspecified atom stereocenters. The maximum absolute atomic E-state index is 6.93. The minimum Gasteiger partial charge on any atom is -0.496 e. The Kier molecular flexibility index (Phi) is 13.5. The Labute approximate surface area is 329 Å². The van der Waals surface area contributed by atoms with Crippen LogP contribution in [0.3, 0.4) is 0 Å². The fourth-order valence-corrected chi connectivity index (χ4v) is 7.52. The van der Waals surface area contributed by atoms with Crippen LogP contribution in [0.4, 0.5) is 0 Å². The van der Waals surface area contributed by atoms with Crippen molar-refractivity contribution in [3.05, 3.63) is 150 Å². The summed E-state index contributed by atoms with van der Waals surface area (Å²) in [5.74, 6) is 2.11. The molecule has 7 rings (SSSR count). The van der Waals surface area contributed by atoms with Gasteiger partial charge in [-0.3, -0.25) is 0 Å². The number of hydrogen-bond acceptors (Lipinski definition) is 9. The van der Waals surface area contributed by atoms with Crippen LogP contribution in [0.1, 0.15) is 47.2 Å². The van der Waals surface area contributed by atoms with Gasteiger partial charge in [0.2, 0.25) is 0 Å². The van der Waals surface area contributed by atoms with Gasteiger partial charge in [0.1, 0.15) is 17.2 Å². The van der Waals surface area contributed by atoms with Crippen LogP contribution < -0.4 is 19.5 Å². The first kappa shape index (κ1) is 39.2. The highest BCUT2D eigenvalue weighted by atomic mass is 16.7. The van der Waals surface area contributed by atoms with Crippen LogP contribution in [-0.2, 0) is 30.3 Å². The molecule has 1 N–H and O–H groups in total. The Morgan fingerprint density at radius 3 is 1.66 bits per heavy atom. The van der Waals surface area contributed by atoms with E-state index < -0.39 is 12.6 Å². The molecule has 0 aliphatic carbocycles. The lowest BCUT2D eigenvalue weighted by Crippen LogP contribution is -2.51. The molecule has 56 heavy (non-hydrogen) atoms. The minimum atomic E-state index is -0.670. The summed E-state index contributed by atoms with van der Waals surface area (Å²) in [4.78, 5) is 0. The molecule has 1 aliphatic heterocycles. The van der Waals surface area contributed by atoms with E-state index in [-0.39, 0.29) is 18.1 Å². The van der Waals surface area contributed by atoms with Crippen molar-refractivity contribution >= 4 is 21.5 Å². The zero-order valence-corrected chi connectivity index (χ0v) is 32.5. The molecule has 1 fully saturated rings. The van der Waals surface area contributed by atoms with E-state index in [2.05, 4.69) is 53.8 Å². The van der Waals surface area contributed by atoms with Gasteiger partial charge in [0.25, 0.3) is 0 Å². The van der Waals surface area contributed by atoms with Crippen molar-refractivity contribution in [2.45, 2.75) is 43.7 Å². The second kappa shape index (κ2) is 19.2. The summed E-state index contributed by atoms with van der Waals surface area (Å²) in [5.41, 5.74) is 3.93. The zero-order valence-electron chi connectivity index (χ0n) is 32.5. The molecule has 292 valence electrons. The summed E-state index contributed by atoms with van der Waals surface area (Å²) < 4.78 is 49.5. The molecule has 1 saturated heterocycles. The third-order valence-corrected chi connectivity index (χ3v) is 10.3. The van der Waals surface area contributed by atoms with Crippen LogP contribution in [0.2, 0.25) is 0 Å². The number of fused-ring (bicyclic) bond motifs is 2. The van der Waals surface area contributed by atoms with E-state index >= 15 is 0 Å². The third-order valence-electron chi connectivity index (χ3n) is 10.3. The molecule has 9 nitrogen and oxygen atoms in total. The Morgan fingerprint density at radius 1 is 0.589 bits per heavy atom. The third kappa shape index (κ3) is 9.33. The summed E-state index contributed by atoms with van der Waals surface area (Å²) in [7, 11) is 6.69. The van der Waals surface area contributed by atoms with E-state index in [1.165, 1.54) is 0 Å². The normalized spacial score (nSPS) is 18.1. The van der Waals surface area contributed by atoms with Gasteiger partial charge in [0.15, 0.2) is 12.6 Å². The molecular weight excluding hydrogens is 707 g/mol. The maximum atomic E-state index is 6.93. The van der Waals surface area contributed by atoms with Crippen molar-refractivity contribution in [3.8, 4) is 17.2 Å². The maximum Gasteiger partial charge on any atom is 0.184 e. The first-order chi connectivity index (χ1) is 27.6. The quantitative estimate of drug-likeness (QED) is 0.0682. The van der Waals surface area contributed by atoms with E-state index in [9.17, 15) is 0 Å². The topological polar surface area (TPSA) is 85.9 Å². The number of rotatable bonds is 18. The summed E-state index contributed by atoms with van der Waals surface area (Å²) >= 11 is 0. The van der Waals surface area contributed by atoms with Gasteiger partial charge >= 0.3 is 0 Å². The Balaban J connectivity index is 1.12.